The van der Waals surface area contributed by atoms with Crippen molar-refractivity contribution in [3.63, 3.8) is 0 Å². The number of hydrogen-bond acceptors (Lipinski definition) is 4. The van der Waals surface area contributed by atoms with E-state index in [0.29, 0.717) is 18.8 Å². The summed E-state index contributed by atoms with van der Waals surface area (Å²) in [6.45, 7) is 6.10. The highest BCUT2D eigenvalue weighted by molar-refractivity contribution is 5.73. The Morgan fingerprint density at radius 1 is 1.29 bits per heavy atom. The first kappa shape index (κ1) is 16.8. The summed E-state index contributed by atoms with van der Waals surface area (Å²) in [6.07, 6.45) is 5.52. The number of esters is 1. The summed E-state index contributed by atoms with van der Waals surface area (Å²) in [7, 11) is 0. The quantitative estimate of drug-likeness (QED) is 0.740. The Bertz CT molecular complexity index is 383. The predicted octanol–water partition coefficient (Wildman–Crippen LogP) is 2.80. The lowest BCUT2D eigenvalue weighted by Gasteiger charge is -2.42. The van der Waals surface area contributed by atoms with E-state index in [4.69, 9.17) is 4.74 Å². The molecule has 0 radical (unpaired) electrons. The third kappa shape index (κ3) is 2.85. The summed E-state index contributed by atoms with van der Waals surface area (Å²) >= 11 is 0. The molecule has 4 nitrogen and oxygen atoms in total. The number of unbranched alkanes of at least 4 members (excludes halogenated alkanes) is 1. The van der Waals surface area contributed by atoms with Crippen LogP contribution in [0.25, 0.3) is 0 Å². The van der Waals surface area contributed by atoms with Crippen LogP contribution in [-0.4, -0.2) is 33.5 Å². The molecule has 0 unspecified atom stereocenters. The molecular weight excluding hydrogens is 268 g/mol. The van der Waals surface area contributed by atoms with Gasteiger partial charge >= 0.3 is 5.97 Å². The maximum atomic E-state index is 11.7. The Balaban J connectivity index is 2.24. The average molecular weight is 298 g/mol. The van der Waals surface area contributed by atoms with Crippen molar-refractivity contribution in [2.24, 2.45) is 11.8 Å². The van der Waals surface area contributed by atoms with Gasteiger partial charge in [-0.2, -0.15) is 0 Å². The summed E-state index contributed by atoms with van der Waals surface area (Å²) in [5.41, 5.74) is -1.71. The molecule has 1 saturated heterocycles. The van der Waals surface area contributed by atoms with Crippen LogP contribution in [0.1, 0.15) is 72.1 Å². The van der Waals surface area contributed by atoms with Crippen molar-refractivity contribution < 1.29 is 19.7 Å². The molecule has 21 heavy (non-hydrogen) atoms. The average Bonchev–Trinajstić information content (AvgIpc) is 2.94. The molecule has 2 fully saturated rings. The smallest absolute Gasteiger partial charge is 0.309 e. The van der Waals surface area contributed by atoms with E-state index in [9.17, 15) is 15.0 Å². The molecule has 4 heteroatoms. The minimum absolute atomic E-state index is 0.0593. The Morgan fingerprint density at radius 3 is 2.48 bits per heavy atom. The highest BCUT2D eigenvalue weighted by Gasteiger charge is 2.61. The second kappa shape index (κ2) is 6.25. The number of ether oxygens (including phenoxy) is 1. The molecule has 0 aromatic heterocycles. The van der Waals surface area contributed by atoms with E-state index in [0.717, 1.165) is 25.7 Å². The second-order valence-electron chi connectivity index (χ2n) is 6.96. The van der Waals surface area contributed by atoms with E-state index in [-0.39, 0.29) is 18.3 Å². The highest BCUT2D eigenvalue weighted by atomic mass is 16.6. The molecule has 1 aliphatic heterocycles. The van der Waals surface area contributed by atoms with Crippen molar-refractivity contribution in [2.75, 3.05) is 0 Å². The number of aliphatic hydroxyl groups is 2. The summed E-state index contributed by atoms with van der Waals surface area (Å²) in [6, 6.07) is 0. The lowest BCUT2D eigenvalue weighted by Crippen LogP contribution is -2.53. The van der Waals surface area contributed by atoms with Crippen molar-refractivity contribution in [1.82, 2.24) is 0 Å². The Kier molecular flexibility index (Phi) is 4.99. The molecular formula is C17H30O4. The number of carbonyl (C=O) groups is 1. The first-order valence-corrected chi connectivity index (χ1v) is 8.54. The lowest BCUT2D eigenvalue weighted by molar-refractivity contribution is -0.175. The zero-order chi connectivity index (χ0) is 15.7. The summed E-state index contributed by atoms with van der Waals surface area (Å²) in [5, 5.41) is 21.5. The molecule has 5 atom stereocenters. The van der Waals surface area contributed by atoms with Crippen LogP contribution in [0.3, 0.4) is 0 Å². The van der Waals surface area contributed by atoms with Gasteiger partial charge in [0.25, 0.3) is 0 Å². The van der Waals surface area contributed by atoms with E-state index in [1.165, 1.54) is 6.42 Å². The van der Waals surface area contributed by atoms with Crippen LogP contribution >= 0.6 is 0 Å². The summed E-state index contributed by atoms with van der Waals surface area (Å²) in [4.78, 5) is 11.7. The van der Waals surface area contributed by atoms with Crippen LogP contribution < -0.4 is 0 Å². The minimum atomic E-state index is -0.886. The Morgan fingerprint density at radius 2 is 2.00 bits per heavy atom. The standard InChI is InChI=1S/C17H30O4/c1-4-7-8-12-9-13(16(20,5-2)11-12)17(6-3)14(18)10-15(19)21-17/h12-14,18,20H,4-11H2,1-3H3/t12-,13+,14+,16-,17+/m1/s1. The van der Waals surface area contributed by atoms with Crippen molar-refractivity contribution in [2.45, 2.75) is 89.4 Å². The fourth-order valence-electron chi connectivity index (χ4n) is 4.55. The highest BCUT2D eigenvalue weighted by Crippen LogP contribution is 2.53. The van der Waals surface area contributed by atoms with Crippen LogP contribution in [0, 0.1) is 11.8 Å². The normalized spacial score (nSPS) is 43.3. The third-order valence-corrected chi connectivity index (χ3v) is 5.81. The van der Waals surface area contributed by atoms with Crippen molar-refractivity contribution in [3.05, 3.63) is 0 Å². The molecule has 122 valence electrons. The largest absolute Gasteiger partial charge is 0.456 e. The van der Waals surface area contributed by atoms with E-state index in [1.54, 1.807) is 0 Å². The Hall–Kier alpha value is -0.610. The van der Waals surface area contributed by atoms with Gasteiger partial charge in [0.1, 0.15) is 11.7 Å². The molecule has 1 saturated carbocycles. The molecule has 2 N–H and O–H groups in total. The third-order valence-electron chi connectivity index (χ3n) is 5.81. The molecule has 0 aromatic carbocycles. The summed E-state index contributed by atoms with van der Waals surface area (Å²) in [5.74, 6) is -0.0158. The van der Waals surface area contributed by atoms with Crippen LogP contribution in [0.4, 0.5) is 0 Å². The fourth-order valence-corrected chi connectivity index (χ4v) is 4.55. The molecule has 1 heterocycles. The zero-order valence-corrected chi connectivity index (χ0v) is 13.6. The molecule has 0 aromatic rings. The molecule has 2 rings (SSSR count). The van der Waals surface area contributed by atoms with Gasteiger partial charge in [-0.15, -0.1) is 0 Å². The van der Waals surface area contributed by atoms with Crippen molar-refractivity contribution in [3.8, 4) is 0 Å². The first-order valence-electron chi connectivity index (χ1n) is 8.54. The second-order valence-corrected chi connectivity index (χ2v) is 6.96. The number of carbonyl (C=O) groups excluding carboxylic acids is 1. The number of cyclic esters (lactones) is 1. The maximum absolute atomic E-state index is 11.7. The lowest BCUT2D eigenvalue weighted by atomic mass is 9.72. The van der Waals surface area contributed by atoms with Gasteiger partial charge < -0.3 is 14.9 Å². The van der Waals surface area contributed by atoms with Crippen molar-refractivity contribution >= 4 is 5.97 Å². The molecule has 0 spiro atoms. The van der Waals surface area contributed by atoms with Crippen LogP contribution in [0.15, 0.2) is 0 Å². The van der Waals surface area contributed by atoms with Gasteiger partial charge in [-0.05, 0) is 31.6 Å². The van der Waals surface area contributed by atoms with Gasteiger partial charge in [0, 0.05) is 5.92 Å². The molecule has 0 bridgehead atoms. The minimum Gasteiger partial charge on any atom is -0.456 e. The van der Waals surface area contributed by atoms with Gasteiger partial charge in [-0.1, -0.05) is 40.0 Å². The number of hydrogen-bond donors (Lipinski definition) is 2. The predicted molar refractivity (Wildman–Crippen MR) is 80.7 cm³/mol. The fraction of sp³-hybridized carbons (Fsp3) is 0.941. The van der Waals surface area contributed by atoms with Crippen LogP contribution in [-0.2, 0) is 9.53 Å². The molecule has 1 aliphatic carbocycles. The van der Waals surface area contributed by atoms with Gasteiger partial charge in [0.05, 0.1) is 12.0 Å². The monoisotopic (exact) mass is 298 g/mol. The molecule has 2 aliphatic rings. The topological polar surface area (TPSA) is 66.8 Å². The van der Waals surface area contributed by atoms with E-state index < -0.39 is 17.3 Å². The van der Waals surface area contributed by atoms with Gasteiger partial charge in [0.15, 0.2) is 0 Å². The van der Waals surface area contributed by atoms with Crippen molar-refractivity contribution in [1.29, 1.82) is 0 Å². The Labute approximate surface area is 127 Å². The van der Waals surface area contributed by atoms with Gasteiger partial charge in [0.2, 0.25) is 0 Å². The maximum Gasteiger partial charge on any atom is 0.309 e. The number of rotatable bonds is 6. The van der Waals surface area contributed by atoms with Crippen LogP contribution in [0.2, 0.25) is 0 Å². The van der Waals surface area contributed by atoms with E-state index in [2.05, 4.69) is 6.92 Å². The van der Waals surface area contributed by atoms with Gasteiger partial charge in [-0.3, -0.25) is 4.79 Å². The number of aliphatic hydroxyl groups excluding tert-OH is 1. The summed E-state index contributed by atoms with van der Waals surface area (Å²) < 4.78 is 5.60. The molecule has 0 amide bonds. The SMILES string of the molecule is CCCC[C@@H]1C[C@H]([C@]2(CC)OC(=O)C[C@@H]2O)[C@@](O)(CC)C1. The van der Waals surface area contributed by atoms with Crippen LogP contribution in [0.5, 0.6) is 0 Å². The first-order chi connectivity index (χ1) is 9.91. The van der Waals surface area contributed by atoms with E-state index in [1.807, 2.05) is 13.8 Å². The van der Waals surface area contributed by atoms with E-state index >= 15 is 0 Å². The van der Waals surface area contributed by atoms with Gasteiger partial charge in [-0.25, -0.2) is 0 Å². The zero-order valence-electron chi connectivity index (χ0n) is 13.6.